The van der Waals surface area contributed by atoms with Gasteiger partial charge in [0.2, 0.25) is 0 Å². The molecule has 1 fully saturated rings. The van der Waals surface area contributed by atoms with E-state index in [4.69, 9.17) is 25.1 Å². The molecule has 1 aliphatic heterocycles. The number of nitrogens with one attached hydrogen (secondary N) is 3. The predicted octanol–water partition coefficient (Wildman–Crippen LogP) is -4.10. The number of aliphatic hydroxyl groups excluding tert-OH is 3. The molecule has 2 heterocycles. The molecular weight excluding hydrogens is 589 g/mol. The first kappa shape index (κ1) is 35.4. The fraction of sp³-hybridized carbons (Fsp3) is 0.636. The molecule has 0 aliphatic carbocycles. The number of aromatic nitrogens is 2. The highest BCUT2D eigenvalue weighted by Crippen LogP contribution is 2.44. The van der Waals surface area contributed by atoms with E-state index in [2.05, 4.69) is 36.7 Å². The van der Waals surface area contributed by atoms with Crippen LogP contribution in [0.25, 0.3) is 0 Å². The Kier molecular flexibility index (Phi) is 14.6. The van der Waals surface area contributed by atoms with Gasteiger partial charge in [-0.05, 0) is 20.0 Å². The third kappa shape index (κ3) is 10.8. The van der Waals surface area contributed by atoms with Crippen molar-refractivity contribution >= 4 is 19.5 Å². The average Bonchev–Trinajstić information content (AvgIpc) is 3.37. The fourth-order valence-electron chi connectivity index (χ4n) is 3.58. The van der Waals surface area contributed by atoms with Crippen LogP contribution in [-0.2, 0) is 37.5 Å². The maximum Gasteiger partial charge on any atom is 0.474 e. The second-order valence-electron chi connectivity index (χ2n) is 8.68. The number of carbonyl (C=O) groups is 2. The summed E-state index contributed by atoms with van der Waals surface area (Å²) in [5.41, 5.74) is -1.95. The summed E-state index contributed by atoms with van der Waals surface area (Å²) in [6.07, 6.45) is -5.58. The van der Waals surface area contributed by atoms with Crippen LogP contribution in [0.15, 0.2) is 15.8 Å². The molecule has 9 N–H and O–H groups in total. The third-order valence-corrected chi connectivity index (χ3v) is 6.65. The van der Waals surface area contributed by atoms with Gasteiger partial charge in [-0.1, -0.05) is 11.8 Å². The standard InChI is InChI=1S/C22H34N5O14P/c1-24-6-3-5-14(29)18(30)19(31)21(33)25-7-2-4-13-9-27(22(34)26-20(13)32)17-8-15(41-23)16(40-17)10-38-42(35,36)39-12-37-11-28/h9,15-19,24,28,30-31H,3,5-8,10-12,23H2,1H3,(H,25,33)(H,35,36)(H,26,32,34)/t15?,16-,17-,18?,19?/m1/s1. The van der Waals surface area contributed by atoms with Crippen molar-refractivity contribution in [2.45, 2.75) is 49.9 Å². The Bertz CT molecular complexity index is 1280. The van der Waals surface area contributed by atoms with Gasteiger partial charge in [-0.2, -0.15) is 0 Å². The lowest BCUT2D eigenvalue weighted by atomic mass is 10.0. The SMILES string of the molecule is CNCCCC(=O)C(O)C(O)C(=O)NCC#Cc1cn([C@H]2CC(ON)[C@@H](COP(=O)(O)OCOCO)O2)c(=O)[nH]c1=O. The number of hydrogen-bond donors (Lipinski definition) is 8. The highest BCUT2D eigenvalue weighted by molar-refractivity contribution is 7.47. The van der Waals surface area contributed by atoms with Crippen LogP contribution in [0.5, 0.6) is 0 Å². The largest absolute Gasteiger partial charge is 0.474 e. The van der Waals surface area contributed by atoms with E-state index in [1.807, 2.05) is 0 Å². The van der Waals surface area contributed by atoms with Gasteiger partial charge in [0.1, 0.15) is 36.9 Å². The molecule has 0 aromatic carbocycles. The second kappa shape index (κ2) is 17.3. The molecule has 19 nitrogen and oxygen atoms in total. The summed E-state index contributed by atoms with van der Waals surface area (Å²) >= 11 is 0. The van der Waals surface area contributed by atoms with Crippen LogP contribution in [0.3, 0.4) is 0 Å². The maximum absolute atomic E-state index is 12.4. The first-order valence-corrected chi connectivity index (χ1v) is 13.9. The van der Waals surface area contributed by atoms with Crippen molar-refractivity contribution in [1.29, 1.82) is 0 Å². The van der Waals surface area contributed by atoms with Crippen molar-refractivity contribution in [1.82, 2.24) is 20.2 Å². The van der Waals surface area contributed by atoms with Crippen molar-refractivity contribution in [3.05, 3.63) is 32.6 Å². The molecule has 1 aliphatic rings. The zero-order chi connectivity index (χ0) is 31.3. The number of nitrogens with two attached hydrogens (primary N) is 1. The van der Waals surface area contributed by atoms with Crippen LogP contribution in [0.4, 0.5) is 0 Å². The van der Waals surface area contributed by atoms with E-state index in [1.165, 1.54) is 0 Å². The maximum atomic E-state index is 12.4. The van der Waals surface area contributed by atoms with E-state index in [0.717, 1.165) is 10.8 Å². The van der Waals surface area contributed by atoms with E-state index in [-0.39, 0.29) is 24.9 Å². The molecule has 1 aromatic rings. The molecule has 1 amide bonds. The van der Waals surface area contributed by atoms with E-state index < -0.39 is 81.6 Å². The summed E-state index contributed by atoms with van der Waals surface area (Å²) in [6.45, 7) is -1.91. The van der Waals surface area contributed by atoms with Gasteiger partial charge >= 0.3 is 13.5 Å². The topological polar surface area (TPSA) is 283 Å². The summed E-state index contributed by atoms with van der Waals surface area (Å²) in [6, 6.07) is 0. The molecule has 0 saturated carbocycles. The van der Waals surface area contributed by atoms with Crippen LogP contribution in [0, 0.1) is 11.8 Å². The van der Waals surface area contributed by atoms with Crippen molar-refractivity contribution in [3.8, 4) is 11.8 Å². The minimum atomic E-state index is -4.60. The Hall–Kier alpha value is -2.83. The first-order chi connectivity index (χ1) is 19.9. The summed E-state index contributed by atoms with van der Waals surface area (Å²) < 4.78 is 32.2. The van der Waals surface area contributed by atoms with Gasteiger partial charge in [0, 0.05) is 19.0 Å². The Morgan fingerprint density at radius 3 is 2.71 bits per heavy atom. The van der Waals surface area contributed by atoms with Gasteiger partial charge in [-0.3, -0.25) is 37.8 Å². The van der Waals surface area contributed by atoms with Gasteiger partial charge < -0.3 is 40.3 Å². The Morgan fingerprint density at radius 1 is 1.31 bits per heavy atom. The lowest BCUT2D eigenvalue weighted by Crippen LogP contribution is -2.45. The van der Waals surface area contributed by atoms with E-state index >= 15 is 0 Å². The van der Waals surface area contributed by atoms with Crippen LogP contribution in [0.1, 0.15) is 31.1 Å². The number of ketones is 1. The van der Waals surface area contributed by atoms with Crippen LogP contribution in [0.2, 0.25) is 0 Å². The van der Waals surface area contributed by atoms with Crippen LogP contribution >= 0.6 is 7.82 Å². The molecule has 1 saturated heterocycles. The smallest absolute Gasteiger partial charge is 0.382 e. The second-order valence-corrected chi connectivity index (χ2v) is 10.1. The van der Waals surface area contributed by atoms with Crippen molar-refractivity contribution < 1.29 is 57.7 Å². The number of aliphatic hydroxyl groups is 3. The van der Waals surface area contributed by atoms with Gasteiger partial charge in [0.05, 0.1) is 13.2 Å². The summed E-state index contributed by atoms with van der Waals surface area (Å²) in [5, 5.41) is 33.4. The van der Waals surface area contributed by atoms with Crippen LogP contribution in [-0.4, -0.2) is 106 Å². The number of aromatic amines is 1. The minimum absolute atomic E-state index is 0.0429. The lowest BCUT2D eigenvalue weighted by molar-refractivity contribution is -0.144. The number of phosphoric acid groups is 1. The fourth-order valence-corrected chi connectivity index (χ4v) is 4.20. The Morgan fingerprint density at radius 2 is 2.05 bits per heavy atom. The number of ether oxygens (including phenoxy) is 2. The third-order valence-electron chi connectivity index (χ3n) is 5.75. The molecular formula is C22H34N5O14P. The number of carbonyl (C=O) groups excluding carboxylic acids is 2. The highest BCUT2D eigenvalue weighted by Gasteiger charge is 2.39. The predicted molar refractivity (Wildman–Crippen MR) is 139 cm³/mol. The number of hydrogen-bond acceptors (Lipinski definition) is 15. The molecule has 6 atom stereocenters. The number of Topliss-reactive ketones (excluding diaryl/α,β-unsaturated/α-hetero) is 1. The zero-order valence-electron chi connectivity index (χ0n) is 22.5. The van der Waals surface area contributed by atoms with Crippen molar-refractivity contribution in [3.63, 3.8) is 0 Å². The van der Waals surface area contributed by atoms with Crippen molar-refractivity contribution in [2.75, 3.05) is 40.3 Å². The number of rotatable bonds is 17. The minimum Gasteiger partial charge on any atom is -0.382 e. The van der Waals surface area contributed by atoms with Gasteiger partial charge in [0.15, 0.2) is 18.7 Å². The monoisotopic (exact) mass is 623 g/mol. The lowest BCUT2D eigenvalue weighted by Gasteiger charge is -2.19. The van der Waals surface area contributed by atoms with Crippen molar-refractivity contribution in [2.24, 2.45) is 5.90 Å². The van der Waals surface area contributed by atoms with Crippen LogP contribution < -0.4 is 27.8 Å². The molecule has 0 radical (unpaired) electrons. The van der Waals surface area contributed by atoms with E-state index in [1.54, 1.807) is 7.05 Å². The number of amides is 1. The molecule has 2 rings (SSSR count). The Balaban J connectivity index is 2.02. The molecule has 0 spiro atoms. The average molecular weight is 624 g/mol. The number of phosphoric ester groups is 1. The zero-order valence-corrected chi connectivity index (χ0v) is 23.4. The number of H-pyrrole nitrogens is 1. The number of nitrogens with zero attached hydrogens (tertiary/aromatic N) is 1. The molecule has 20 heteroatoms. The molecule has 4 unspecified atom stereocenters. The van der Waals surface area contributed by atoms with Gasteiger partial charge in [0.25, 0.3) is 11.5 Å². The first-order valence-electron chi connectivity index (χ1n) is 12.4. The normalized spacial score (nSPS) is 21.1. The summed E-state index contributed by atoms with van der Waals surface area (Å²) in [7, 11) is -2.91. The molecule has 42 heavy (non-hydrogen) atoms. The molecule has 1 aromatic heterocycles. The van der Waals surface area contributed by atoms with E-state index in [0.29, 0.717) is 13.0 Å². The summed E-state index contributed by atoms with van der Waals surface area (Å²) in [4.78, 5) is 65.2. The van der Waals surface area contributed by atoms with E-state index in [9.17, 15) is 38.8 Å². The summed E-state index contributed by atoms with van der Waals surface area (Å²) in [5.74, 6) is 8.42. The molecule has 236 valence electrons. The highest BCUT2D eigenvalue weighted by atomic mass is 31.2. The quantitative estimate of drug-likeness (QED) is 0.0269. The molecule has 0 bridgehead atoms. The van der Waals surface area contributed by atoms with Gasteiger partial charge in [-0.15, -0.1) is 0 Å². The van der Waals surface area contributed by atoms with Gasteiger partial charge in [-0.25, -0.2) is 15.3 Å². The Labute approximate surface area is 238 Å².